The third kappa shape index (κ3) is 1.81. The number of hydrazine groups is 1. The summed E-state index contributed by atoms with van der Waals surface area (Å²) in [4.78, 5) is 0. The lowest BCUT2D eigenvalue weighted by molar-refractivity contribution is -0.0492. The van der Waals surface area contributed by atoms with E-state index in [1.54, 1.807) is 6.42 Å². The third-order valence-electron chi connectivity index (χ3n) is 5.14. The largest absolute Gasteiger partial charge is 0.271 e. The lowest BCUT2D eigenvalue weighted by Crippen LogP contribution is -2.53. The van der Waals surface area contributed by atoms with Crippen molar-refractivity contribution in [1.29, 1.82) is 0 Å². The van der Waals surface area contributed by atoms with Crippen LogP contribution in [0.3, 0.4) is 0 Å². The van der Waals surface area contributed by atoms with Crippen molar-refractivity contribution in [1.82, 2.24) is 5.43 Å². The Labute approximate surface area is 98.7 Å². The van der Waals surface area contributed by atoms with Gasteiger partial charge in [-0.15, -0.1) is 12.4 Å². The highest BCUT2D eigenvalue weighted by Gasteiger charge is 2.49. The number of rotatable bonds is 2. The molecular weight excluding hydrogens is 208 g/mol. The van der Waals surface area contributed by atoms with E-state index in [0.29, 0.717) is 6.04 Å². The first kappa shape index (κ1) is 11.7. The molecule has 1 unspecified atom stereocenters. The Morgan fingerprint density at radius 3 is 1.87 bits per heavy atom. The van der Waals surface area contributed by atoms with Crippen molar-refractivity contribution in [3.63, 3.8) is 0 Å². The van der Waals surface area contributed by atoms with Crippen LogP contribution in [-0.4, -0.2) is 6.04 Å². The van der Waals surface area contributed by atoms with Crippen molar-refractivity contribution in [2.45, 2.75) is 45.1 Å². The van der Waals surface area contributed by atoms with Gasteiger partial charge in [0.1, 0.15) is 0 Å². The molecule has 2 nitrogen and oxygen atoms in total. The van der Waals surface area contributed by atoms with Crippen LogP contribution in [0.2, 0.25) is 0 Å². The van der Waals surface area contributed by atoms with E-state index in [1.807, 2.05) is 0 Å². The number of halogens is 1. The molecule has 4 saturated carbocycles. The Bertz CT molecular complexity index is 204. The van der Waals surface area contributed by atoms with Gasteiger partial charge in [0.25, 0.3) is 0 Å². The fourth-order valence-electron chi connectivity index (χ4n) is 4.89. The van der Waals surface area contributed by atoms with Gasteiger partial charge >= 0.3 is 0 Å². The van der Waals surface area contributed by atoms with Crippen LogP contribution in [0.1, 0.15) is 39.0 Å². The second kappa shape index (κ2) is 4.23. The van der Waals surface area contributed by atoms with E-state index in [2.05, 4.69) is 12.3 Å². The van der Waals surface area contributed by atoms with E-state index in [0.717, 1.165) is 29.6 Å². The predicted octanol–water partition coefficient (Wildman–Crippen LogP) is 2.33. The minimum absolute atomic E-state index is 0. The zero-order valence-electron chi connectivity index (χ0n) is 9.49. The number of nitrogens with two attached hydrogens (primary N) is 1. The molecule has 3 heteroatoms. The molecule has 0 heterocycles. The molecule has 88 valence electrons. The van der Waals surface area contributed by atoms with E-state index in [1.165, 1.54) is 25.7 Å². The van der Waals surface area contributed by atoms with Gasteiger partial charge in [0.15, 0.2) is 0 Å². The molecule has 4 aliphatic carbocycles. The fourth-order valence-corrected chi connectivity index (χ4v) is 4.89. The summed E-state index contributed by atoms with van der Waals surface area (Å²) in [6.07, 6.45) is 7.56. The van der Waals surface area contributed by atoms with Gasteiger partial charge < -0.3 is 0 Å². The fraction of sp³-hybridized carbons (Fsp3) is 1.00. The maximum atomic E-state index is 5.60. The molecule has 4 aliphatic rings. The van der Waals surface area contributed by atoms with Crippen LogP contribution in [0.15, 0.2) is 0 Å². The summed E-state index contributed by atoms with van der Waals surface area (Å²) in [5.74, 6) is 10.6. The van der Waals surface area contributed by atoms with Crippen LogP contribution in [0.4, 0.5) is 0 Å². The van der Waals surface area contributed by atoms with Crippen LogP contribution in [0, 0.1) is 29.6 Å². The smallest absolute Gasteiger partial charge is 0.0215 e. The first-order valence-corrected chi connectivity index (χ1v) is 6.24. The molecule has 15 heavy (non-hydrogen) atoms. The average Bonchev–Trinajstić information content (AvgIpc) is 2.15. The summed E-state index contributed by atoms with van der Waals surface area (Å²) in [6, 6.07) is 0.532. The van der Waals surface area contributed by atoms with E-state index in [4.69, 9.17) is 5.84 Å². The second-order valence-electron chi connectivity index (χ2n) is 5.96. The summed E-state index contributed by atoms with van der Waals surface area (Å²) in [5.41, 5.74) is 2.99. The summed E-state index contributed by atoms with van der Waals surface area (Å²) < 4.78 is 0. The maximum Gasteiger partial charge on any atom is 0.0215 e. The Hall–Kier alpha value is 0.210. The Balaban J connectivity index is 0.000000853. The van der Waals surface area contributed by atoms with Gasteiger partial charge in [-0.2, -0.15) is 0 Å². The normalized spacial score (nSPS) is 48.8. The van der Waals surface area contributed by atoms with Crippen LogP contribution < -0.4 is 11.3 Å². The Kier molecular flexibility index (Phi) is 3.30. The average molecular weight is 231 g/mol. The van der Waals surface area contributed by atoms with Gasteiger partial charge in [-0.05, 0) is 68.6 Å². The molecule has 0 aromatic rings. The molecule has 0 radical (unpaired) electrons. The maximum absolute atomic E-state index is 5.60. The lowest BCUT2D eigenvalue weighted by Gasteiger charge is -2.56. The molecule has 3 N–H and O–H groups in total. The second-order valence-corrected chi connectivity index (χ2v) is 5.96. The van der Waals surface area contributed by atoms with Crippen LogP contribution in [0.5, 0.6) is 0 Å². The van der Waals surface area contributed by atoms with Gasteiger partial charge in [0.05, 0.1) is 0 Å². The van der Waals surface area contributed by atoms with Gasteiger partial charge in [0, 0.05) is 6.04 Å². The highest BCUT2D eigenvalue weighted by atomic mass is 35.5. The number of nitrogens with one attached hydrogen (secondary N) is 1. The highest BCUT2D eigenvalue weighted by Crippen LogP contribution is 2.57. The molecule has 0 amide bonds. The Morgan fingerprint density at radius 1 is 1.00 bits per heavy atom. The zero-order chi connectivity index (χ0) is 9.71. The SMILES string of the molecule is CC(NN)C1C2CC3CC(C2)CC1C3.Cl. The molecule has 0 aromatic carbocycles. The molecule has 0 aromatic heterocycles. The van der Waals surface area contributed by atoms with Crippen molar-refractivity contribution in [2.75, 3.05) is 0 Å². The van der Waals surface area contributed by atoms with E-state index in [-0.39, 0.29) is 12.4 Å². The summed E-state index contributed by atoms with van der Waals surface area (Å²) in [5, 5.41) is 0. The first-order valence-electron chi connectivity index (χ1n) is 6.24. The summed E-state index contributed by atoms with van der Waals surface area (Å²) >= 11 is 0. The van der Waals surface area contributed by atoms with Gasteiger partial charge in [-0.1, -0.05) is 0 Å². The number of hydrogen-bond acceptors (Lipinski definition) is 2. The van der Waals surface area contributed by atoms with Crippen LogP contribution >= 0.6 is 12.4 Å². The van der Waals surface area contributed by atoms with Crippen molar-refractivity contribution in [3.05, 3.63) is 0 Å². The topological polar surface area (TPSA) is 38.0 Å². The molecule has 4 fully saturated rings. The molecule has 0 saturated heterocycles. The van der Waals surface area contributed by atoms with Crippen molar-refractivity contribution in [3.8, 4) is 0 Å². The zero-order valence-corrected chi connectivity index (χ0v) is 10.3. The first-order chi connectivity index (χ1) is 6.78. The predicted molar refractivity (Wildman–Crippen MR) is 64.6 cm³/mol. The highest BCUT2D eigenvalue weighted by molar-refractivity contribution is 5.85. The lowest BCUT2D eigenvalue weighted by atomic mass is 9.50. The minimum atomic E-state index is 0. The minimum Gasteiger partial charge on any atom is -0.271 e. The van der Waals surface area contributed by atoms with Crippen LogP contribution in [-0.2, 0) is 0 Å². The van der Waals surface area contributed by atoms with Gasteiger partial charge in [-0.3, -0.25) is 11.3 Å². The molecule has 1 atom stereocenters. The van der Waals surface area contributed by atoms with Crippen molar-refractivity contribution < 1.29 is 0 Å². The van der Waals surface area contributed by atoms with E-state index >= 15 is 0 Å². The van der Waals surface area contributed by atoms with Gasteiger partial charge in [0.2, 0.25) is 0 Å². The molecule has 0 aliphatic heterocycles. The van der Waals surface area contributed by atoms with E-state index in [9.17, 15) is 0 Å². The van der Waals surface area contributed by atoms with E-state index < -0.39 is 0 Å². The molecular formula is C12H23ClN2. The molecule has 4 bridgehead atoms. The molecule has 0 spiro atoms. The monoisotopic (exact) mass is 230 g/mol. The van der Waals surface area contributed by atoms with Crippen LogP contribution in [0.25, 0.3) is 0 Å². The summed E-state index contributed by atoms with van der Waals surface area (Å²) in [6.45, 7) is 2.27. The summed E-state index contributed by atoms with van der Waals surface area (Å²) in [7, 11) is 0. The quantitative estimate of drug-likeness (QED) is 0.565. The van der Waals surface area contributed by atoms with Crippen molar-refractivity contribution in [2.24, 2.45) is 35.4 Å². The number of hydrogen-bond donors (Lipinski definition) is 2. The van der Waals surface area contributed by atoms with Crippen molar-refractivity contribution >= 4 is 12.4 Å². The Morgan fingerprint density at radius 2 is 1.47 bits per heavy atom. The standard InChI is InChI=1S/C12H22N2.ClH/c1-7(14-13)12-10-3-8-2-9(5-10)6-11(12)4-8;/h7-12,14H,2-6,13H2,1H3;1H. The van der Waals surface area contributed by atoms with Gasteiger partial charge in [-0.25, -0.2) is 0 Å². The third-order valence-corrected chi connectivity index (χ3v) is 5.14. The molecule has 4 rings (SSSR count).